The Morgan fingerprint density at radius 3 is 2.16 bits per heavy atom. The molecular weight excluding hydrogens is 438 g/mol. The molecule has 0 aliphatic heterocycles. The fourth-order valence-corrected chi connectivity index (χ4v) is 7.33. The van der Waals surface area contributed by atoms with Crippen LogP contribution in [0.3, 0.4) is 0 Å². The fourth-order valence-electron chi connectivity index (χ4n) is 3.07. The fraction of sp³-hybridized carbons (Fsp3) is 0.286. The van der Waals surface area contributed by atoms with Crippen LogP contribution in [-0.2, 0) is 36.0 Å². The zero-order valence-electron chi connectivity index (χ0n) is 16.7. The van der Waals surface area contributed by atoms with Crippen molar-refractivity contribution in [3.8, 4) is 12.1 Å². The van der Waals surface area contributed by atoms with Gasteiger partial charge in [-0.05, 0) is 30.2 Å². The highest BCUT2D eigenvalue weighted by molar-refractivity contribution is 7.95. The monoisotopic (exact) mass is 459 g/mol. The van der Waals surface area contributed by atoms with Gasteiger partial charge in [0.1, 0.15) is 6.54 Å². The number of nitriles is 2. The summed E-state index contributed by atoms with van der Waals surface area (Å²) in [4.78, 5) is 12.6. The molecule has 8 nitrogen and oxygen atoms in total. The number of nitrogens with one attached hydrogen (secondary N) is 1. The van der Waals surface area contributed by atoms with Crippen molar-refractivity contribution in [2.45, 2.75) is 28.9 Å². The number of nitrogens with zero attached hydrogens (tertiary/aromatic N) is 2. The second-order valence-corrected chi connectivity index (χ2v) is 11.4. The largest absolute Gasteiger partial charge is 0.342 e. The third-order valence-electron chi connectivity index (χ3n) is 4.61. The van der Waals surface area contributed by atoms with Crippen molar-refractivity contribution < 1.29 is 21.6 Å². The van der Waals surface area contributed by atoms with Crippen molar-refractivity contribution >= 4 is 25.6 Å². The lowest BCUT2D eigenvalue weighted by molar-refractivity contribution is -0.120. The first kappa shape index (κ1) is 24.1. The molecule has 2 rings (SSSR count). The van der Waals surface area contributed by atoms with E-state index < -0.39 is 54.1 Å². The number of hydrogen-bond donors (Lipinski definition) is 1. The van der Waals surface area contributed by atoms with E-state index in [0.29, 0.717) is 11.1 Å². The van der Waals surface area contributed by atoms with Crippen molar-refractivity contribution in [1.82, 2.24) is 5.32 Å². The number of rotatable bonds is 9. The molecule has 0 spiro atoms. The highest BCUT2D eigenvalue weighted by atomic mass is 32.2. The number of benzene rings is 2. The molecule has 0 aliphatic carbocycles. The molecule has 31 heavy (non-hydrogen) atoms. The van der Waals surface area contributed by atoms with Gasteiger partial charge in [0.25, 0.3) is 0 Å². The molecule has 0 saturated heterocycles. The lowest BCUT2D eigenvalue weighted by Crippen LogP contribution is -2.49. The van der Waals surface area contributed by atoms with Gasteiger partial charge >= 0.3 is 0 Å². The van der Waals surface area contributed by atoms with Crippen LogP contribution in [0.2, 0.25) is 0 Å². The zero-order valence-corrected chi connectivity index (χ0v) is 18.4. The minimum Gasteiger partial charge on any atom is -0.342 e. The van der Waals surface area contributed by atoms with Crippen LogP contribution in [0.5, 0.6) is 0 Å². The van der Waals surface area contributed by atoms with Crippen LogP contribution >= 0.6 is 0 Å². The van der Waals surface area contributed by atoms with Crippen LogP contribution in [0, 0.1) is 22.7 Å². The van der Waals surface area contributed by atoms with E-state index in [1.165, 1.54) is 31.2 Å². The van der Waals surface area contributed by atoms with Gasteiger partial charge in [-0.2, -0.15) is 10.5 Å². The summed E-state index contributed by atoms with van der Waals surface area (Å²) < 4.78 is 52.2. The molecule has 0 heterocycles. The number of carbonyl (C=O) groups excluding carboxylic acids is 1. The van der Waals surface area contributed by atoms with E-state index in [4.69, 9.17) is 10.5 Å². The molecule has 2 aromatic carbocycles. The van der Waals surface area contributed by atoms with Crippen molar-refractivity contribution in [2.24, 2.45) is 0 Å². The van der Waals surface area contributed by atoms with Crippen LogP contribution in [0.15, 0.2) is 54.6 Å². The Morgan fingerprint density at radius 2 is 1.55 bits per heavy atom. The molecule has 2 aromatic rings. The minimum atomic E-state index is -4.25. The Labute approximate surface area is 182 Å². The standard InChI is InChI=1S/C21H21N3O5S2/c1-16(30(26,27)15-19-9-5-8-18(12-19)13-23)20(21(25)24-11-10-22)31(28,29)14-17-6-3-2-4-7-17/h2-9,12,16,20H,11,14-15H2,1H3,(H,24,25). The van der Waals surface area contributed by atoms with Gasteiger partial charge in [0.2, 0.25) is 5.91 Å². The van der Waals surface area contributed by atoms with Crippen molar-refractivity contribution in [3.63, 3.8) is 0 Å². The maximum absolute atomic E-state index is 13.1. The summed E-state index contributed by atoms with van der Waals surface area (Å²) in [6, 6.07) is 17.6. The first-order valence-corrected chi connectivity index (χ1v) is 12.6. The Hall–Kier alpha value is -3.21. The molecule has 2 atom stereocenters. The van der Waals surface area contributed by atoms with E-state index >= 15 is 0 Å². The maximum atomic E-state index is 13.1. The van der Waals surface area contributed by atoms with E-state index in [1.54, 1.807) is 36.4 Å². The normalized spacial score (nSPS) is 13.4. The number of sulfone groups is 2. The smallest absolute Gasteiger partial charge is 0.240 e. The van der Waals surface area contributed by atoms with E-state index in [9.17, 15) is 21.6 Å². The van der Waals surface area contributed by atoms with Crippen LogP contribution in [0.25, 0.3) is 0 Å². The van der Waals surface area contributed by atoms with Gasteiger partial charge in [0.05, 0.1) is 34.5 Å². The van der Waals surface area contributed by atoms with Crippen molar-refractivity contribution in [3.05, 3.63) is 71.3 Å². The van der Waals surface area contributed by atoms with Gasteiger partial charge in [0, 0.05) is 0 Å². The Balaban J connectivity index is 2.41. The van der Waals surface area contributed by atoms with Gasteiger partial charge in [-0.25, -0.2) is 16.8 Å². The average Bonchev–Trinajstić information content (AvgIpc) is 2.72. The molecule has 0 fully saturated rings. The molecular formula is C21H21N3O5S2. The average molecular weight is 460 g/mol. The van der Waals surface area contributed by atoms with E-state index in [0.717, 1.165) is 0 Å². The molecule has 2 unspecified atom stereocenters. The second-order valence-electron chi connectivity index (χ2n) is 6.91. The first-order chi connectivity index (χ1) is 14.6. The molecule has 1 amide bonds. The Morgan fingerprint density at radius 1 is 0.935 bits per heavy atom. The molecule has 162 valence electrons. The summed E-state index contributed by atoms with van der Waals surface area (Å²) in [6.07, 6.45) is 0. The number of amides is 1. The summed E-state index contributed by atoms with van der Waals surface area (Å²) in [5, 5.41) is 16.4. The lowest BCUT2D eigenvalue weighted by atomic mass is 10.2. The second kappa shape index (κ2) is 10.2. The summed E-state index contributed by atoms with van der Waals surface area (Å²) in [5.41, 5.74) is 0.981. The van der Waals surface area contributed by atoms with Crippen LogP contribution in [-0.4, -0.2) is 39.8 Å². The topological polar surface area (TPSA) is 145 Å². The van der Waals surface area contributed by atoms with Crippen LogP contribution < -0.4 is 5.32 Å². The molecule has 0 bridgehead atoms. The third kappa shape index (κ3) is 6.38. The molecule has 0 radical (unpaired) electrons. The first-order valence-electron chi connectivity index (χ1n) is 9.21. The van der Waals surface area contributed by atoms with Gasteiger partial charge in [-0.3, -0.25) is 4.79 Å². The molecule has 10 heteroatoms. The predicted molar refractivity (Wildman–Crippen MR) is 115 cm³/mol. The Bertz CT molecular complexity index is 1230. The summed E-state index contributed by atoms with van der Waals surface area (Å²) >= 11 is 0. The van der Waals surface area contributed by atoms with Gasteiger partial charge < -0.3 is 5.32 Å². The highest BCUT2D eigenvalue weighted by Gasteiger charge is 2.43. The third-order valence-corrected chi connectivity index (χ3v) is 9.06. The van der Waals surface area contributed by atoms with Gasteiger partial charge in [0.15, 0.2) is 24.9 Å². The SMILES string of the molecule is CC(C(C(=O)NCC#N)S(=O)(=O)Cc1ccccc1)S(=O)(=O)Cc1cccc(C#N)c1. The maximum Gasteiger partial charge on any atom is 0.240 e. The van der Waals surface area contributed by atoms with Crippen molar-refractivity contribution in [1.29, 1.82) is 10.5 Å². The molecule has 0 saturated carbocycles. The molecule has 0 aliphatic rings. The molecule has 0 aromatic heterocycles. The summed E-state index contributed by atoms with van der Waals surface area (Å²) in [7, 11) is -8.36. The molecule has 1 N–H and O–H groups in total. The lowest BCUT2D eigenvalue weighted by Gasteiger charge is -2.23. The zero-order chi connectivity index (χ0) is 23.1. The predicted octanol–water partition coefficient (Wildman–Crippen LogP) is 1.48. The van der Waals surface area contributed by atoms with E-state index in [1.807, 2.05) is 6.07 Å². The van der Waals surface area contributed by atoms with Crippen LogP contribution in [0.4, 0.5) is 0 Å². The van der Waals surface area contributed by atoms with E-state index in [-0.39, 0.29) is 5.56 Å². The highest BCUT2D eigenvalue weighted by Crippen LogP contribution is 2.22. The van der Waals surface area contributed by atoms with E-state index in [2.05, 4.69) is 5.32 Å². The van der Waals surface area contributed by atoms with Crippen LogP contribution in [0.1, 0.15) is 23.6 Å². The minimum absolute atomic E-state index is 0.264. The summed E-state index contributed by atoms with van der Waals surface area (Å²) in [6.45, 7) is 0.718. The Kier molecular flexibility index (Phi) is 7.92. The quantitative estimate of drug-likeness (QED) is 0.559. The summed E-state index contributed by atoms with van der Waals surface area (Å²) in [5.74, 6) is -2.10. The number of hydrogen-bond acceptors (Lipinski definition) is 7. The van der Waals surface area contributed by atoms with Gasteiger partial charge in [-0.15, -0.1) is 0 Å². The number of carbonyl (C=O) groups is 1. The van der Waals surface area contributed by atoms with Gasteiger partial charge in [-0.1, -0.05) is 42.5 Å². The van der Waals surface area contributed by atoms with Crippen molar-refractivity contribution in [2.75, 3.05) is 6.54 Å².